The van der Waals surface area contributed by atoms with Crippen molar-refractivity contribution in [1.29, 1.82) is 0 Å². The van der Waals surface area contributed by atoms with Crippen molar-refractivity contribution in [3.05, 3.63) is 34.6 Å². The molecule has 1 N–H and O–H groups in total. The Labute approximate surface area is 230 Å². The molecule has 0 radical (unpaired) electrons. The molecule has 8 nitrogen and oxygen atoms in total. The van der Waals surface area contributed by atoms with Crippen LogP contribution >= 0.6 is 0 Å². The number of nitrogens with zero attached hydrogens (tertiary/aromatic N) is 4. The van der Waals surface area contributed by atoms with Crippen LogP contribution in [0.1, 0.15) is 96.9 Å². The number of benzene rings is 1. The van der Waals surface area contributed by atoms with Crippen molar-refractivity contribution in [2.75, 3.05) is 4.90 Å². The van der Waals surface area contributed by atoms with E-state index in [2.05, 4.69) is 15.2 Å². The van der Waals surface area contributed by atoms with E-state index in [1.807, 2.05) is 28.8 Å². The smallest absolute Gasteiger partial charge is 0.300 e. The Morgan fingerprint density at radius 3 is 2.10 bits per heavy atom. The lowest BCUT2D eigenvalue weighted by molar-refractivity contribution is -0.122. The third kappa shape index (κ3) is 4.12. The van der Waals surface area contributed by atoms with Gasteiger partial charge in [-0.15, -0.1) is 0 Å². The van der Waals surface area contributed by atoms with Crippen molar-refractivity contribution in [3.8, 4) is 0 Å². The number of fused-ring (bicyclic) bond motifs is 5. The average molecular weight is 532 g/mol. The summed E-state index contributed by atoms with van der Waals surface area (Å²) in [7, 11) is 0. The summed E-state index contributed by atoms with van der Waals surface area (Å²) in [5, 5.41) is 2.38. The van der Waals surface area contributed by atoms with Crippen LogP contribution in [0.4, 0.5) is 10.6 Å². The molecule has 7 rings (SSSR count). The number of carbonyl (C=O) groups excluding carboxylic acids is 2. The van der Waals surface area contributed by atoms with E-state index in [1.54, 1.807) is 13.8 Å². The van der Waals surface area contributed by atoms with Crippen molar-refractivity contribution in [3.63, 3.8) is 0 Å². The molecule has 6 atom stereocenters. The molecule has 4 bridgehead atoms. The summed E-state index contributed by atoms with van der Waals surface area (Å²) < 4.78 is 1.92. The van der Waals surface area contributed by atoms with Crippen molar-refractivity contribution >= 4 is 28.8 Å². The maximum Gasteiger partial charge on any atom is 0.330 e. The Kier molecular flexibility index (Phi) is 6.10. The van der Waals surface area contributed by atoms with Crippen LogP contribution in [0.25, 0.3) is 11.0 Å². The minimum atomic E-state index is -1.18. The standard InChI is InChI=1S/C31H41N5O3/c1-31(2)29(38)33-30(39)36(31)27-28(37)35(26-13-6-5-12-25(26)32-27)24-17-21-10-7-11-22(18-24)34(21)23-15-19-8-3-4-9-20(14-19)16-23/h5-6,12-13,19-24H,3-4,7-11,14-18H2,1-2H3,(H,33,38,39)/t19-,20+,21-,22+,23-,24+. The van der Waals surface area contributed by atoms with Crippen molar-refractivity contribution in [2.45, 2.75) is 121 Å². The number of imide groups is 1. The number of urea groups is 1. The van der Waals surface area contributed by atoms with Gasteiger partial charge in [-0.05, 0) is 82.8 Å². The van der Waals surface area contributed by atoms with E-state index in [0.29, 0.717) is 23.6 Å². The van der Waals surface area contributed by atoms with Crippen LogP contribution in [0.3, 0.4) is 0 Å². The molecule has 1 aromatic heterocycles. The third-order valence-corrected chi connectivity index (χ3v) is 10.7. The molecule has 2 saturated carbocycles. The van der Waals surface area contributed by atoms with E-state index < -0.39 is 17.5 Å². The minimum absolute atomic E-state index is 0.0472. The lowest BCUT2D eigenvalue weighted by Gasteiger charge is -2.54. The summed E-state index contributed by atoms with van der Waals surface area (Å²) in [5.74, 6) is 1.42. The highest BCUT2D eigenvalue weighted by atomic mass is 16.2. The zero-order chi connectivity index (χ0) is 26.9. The van der Waals surface area contributed by atoms with Gasteiger partial charge in [-0.3, -0.25) is 24.7 Å². The molecule has 5 aliphatic rings. The SMILES string of the molecule is CC1(C)C(=O)NC(=O)N1c1nc2ccccc2n([C@H]2C[C@H]3CCC[C@@H](C2)N3[C@@H]2C[C@@H]3CCCC[C@@H](C3)C2)c1=O. The molecular weight excluding hydrogens is 490 g/mol. The number of piperidine rings is 2. The fourth-order valence-corrected chi connectivity index (χ4v) is 8.98. The van der Waals surface area contributed by atoms with Gasteiger partial charge in [0.15, 0.2) is 0 Å². The number of aromatic nitrogens is 2. The van der Waals surface area contributed by atoms with E-state index in [0.717, 1.165) is 30.2 Å². The lowest BCUT2D eigenvalue weighted by atomic mass is 9.73. The van der Waals surface area contributed by atoms with Crippen LogP contribution in [0.2, 0.25) is 0 Å². The van der Waals surface area contributed by atoms with Crippen LogP contribution in [0, 0.1) is 11.8 Å². The van der Waals surface area contributed by atoms with Gasteiger partial charge in [-0.2, -0.15) is 0 Å². The number of carbonyl (C=O) groups is 2. The fourth-order valence-electron chi connectivity index (χ4n) is 8.98. The van der Waals surface area contributed by atoms with Crippen LogP contribution in [-0.4, -0.2) is 50.1 Å². The first-order valence-corrected chi connectivity index (χ1v) is 15.3. The zero-order valence-electron chi connectivity index (χ0n) is 23.3. The Morgan fingerprint density at radius 2 is 1.46 bits per heavy atom. The first kappa shape index (κ1) is 25.2. The van der Waals surface area contributed by atoms with Crippen LogP contribution < -0.4 is 15.8 Å². The molecular formula is C31H41N5O3. The molecule has 5 fully saturated rings. The van der Waals surface area contributed by atoms with Crippen molar-refractivity contribution in [1.82, 2.24) is 19.8 Å². The summed E-state index contributed by atoms with van der Waals surface area (Å²) in [6, 6.07) is 8.87. The van der Waals surface area contributed by atoms with Gasteiger partial charge in [-0.1, -0.05) is 44.2 Å². The van der Waals surface area contributed by atoms with Crippen molar-refractivity contribution in [2.24, 2.45) is 11.8 Å². The van der Waals surface area contributed by atoms with Crippen LogP contribution in [0.15, 0.2) is 29.1 Å². The average Bonchev–Trinajstić information content (AvgIpc) is 3.00. The van der Waals surface area contributed by atoms with Gasteiger partial charge in [0.25, 0.3) is 11.5 Å². The largest absolute Gasteiger partial charge is 0.330 e. The molecule has 1 aromatic carbocycles. The number of anilines is 1. The molecule has 208 valence electrons. The Balaban J connectivity index is 1.26. The third-order valence-electron chi connectivity index (χ3n) is 10.7. The molecule has 8 heteroatoms. The first-order chi connectivity index (χ1) is 18.8. The minimum Gasteiger partial charge on any atom is -0.300 e. The Bertz CT molecular complexity index is 1340. The maximum atomic E-state index is 14.2. The zero-order valence-corrected chi connectivity index (χ0v) is 23.3. The quantitative estimate of drug-likeness (QED) is 0.554. The number of para-hydroxylation sites is 2. The summed E-state index contributed by atoms with van der Waals surface area (Å²) in [6.45, 7) is 3.33. The molecule has 2 aliphatic carbocycles. The highest BCUT2D eigenvalue weighted by Gasteiger charge is 2.49. The monoisotopic (exact) mass is 531 g/mol. The lowest BCUT2D eigenvalue weighted by Crippen LogP contribution is -2.58. The summed E-state index contributed by atoms with van der Waals surface area (Å²) in [5.41, 5.74) is 0.0438. The second-order valence-corrected chi connectivity index (χ2v) is 13.4. The molecule has 3 aliphatic heterocycles. The second-order valence-electron chi connectivity index (χ2n) is 13.4. The van der Waals surface area contributed by atoms with Gasteiger partial charge in [-0.25, -0.2) is 9.78 Å². The number of hydrogen-bond donors (Lipinski definition) is 1. The van der Waals surface area contributed by atoms with Gasteiger partial charge >= 0.3 is 6.03 Å². The number of rotatable bonds is 3. The fraction of sp³-hybridized carbons (Fsp3) is 0.677. The first-order valence-electron chi connectivity index (χ1n) is 15.3. The molecule has 3 saturated heterocycles. The van der Waals surface area contributed by atoms with Gasteiger partial charge < -0.3 is 4.57 Å². The molecule has 39 heavy (non-hydrogen) atoms. The Hall–Kier alpha value is -2.74. The molecule has 0 unspecified atom stereocenters. The highest BCUT2D eigenvalue weighted by molar-refractivity contribution is 6.16. The summed E-state index contributed by atoms with van der Waals surface area (Å²) in [6.07, 6.45) is 15.3. The van der Waals surface area contributed by atoms with E-state index in [-0.39, 0.29) is 17.4 Å². The molecule has 0 spiro atoms. The van der Waals surface area contributed by atoms with E-state index in [4.69, 9.17) is 0 Å². The van der Waals surface area contributed by atoms with Gasteiger partial charge in [0, 0.05) is 24.2 Å². The second kappa shape index (κ2) is 9.43. The van der Waals surface area contributed by atoms with Gasteiger partial charge in [0.05, 0.1) is 11.0 Å². The van der Waals surface area contributed by atoms with E-state index >= 15 is 0 Å². The summed E-state index contributed by atoms with van der Waals surface area (Å²) >= 11 is 0. The predicted molar refractivity (Wildman–Crippen MR) is 151 cm³/mol. The van der Waals surface area contributed by atoms with E-state index in [9.17, 15) is 14.4 Å². The molecule has 2 aromatic rings. The molecule has 4 heterocycles. The number of hydrogen-bond acceptors (Lipinski definition) is 5. The van der Waals surface area contributed by atoms with Gasteiger partial charge in [0.1, 0.15) is 5.54 Å². The van der Waals surface area contributed by atoms with Crippen LogP contribution in [0.5, 0.6) is 0 Å². The highest BCUT2D eigenvalue weighted by Crippen LogP contribution is 2.47. The normalized spacial score (nSPS) is 34.7. The molecule has 3 amide bonds. The van der Waals surface area contributed by atoms with Crippen LogP contribution in [-0.2, 0) is 4.79 Å². The topological polar surface area (TPSA) is 87.5 Å². The van der Waals surface area contributed by atoms with Gasteiger partial charge in [0.2, 0.25) is 5.82 Å². The van der Waals surface area contributed by atoms with Crippen molar-refractivity contribution < 1.29 is 9.59 Å². The maximum absolute atomic E-state index is 14.2. The number of amides is 3. The predicted octanol–water partition coefficient (Wildman–Crippen LogP) is 5.15. The summed E-state index contributed by atoms with van der Waals surface area (Å²) in [4.78, 5) is 48.5. The van der Waals surface area contributed by atoms with E-state index in [1.165, 1.54) is 69.1 Å². The Morgan fingerprint density at radius 1 is 0.795 bits per heavy atom. The number of nitrogens with one attached hydrogen (secondary N) is 1.